The number of hydrogen-bond acceptors (Lipinski definition) is 4. The minimum absolute atomic E-state index is 0.135. The normalized spacial score (nSPS) is 16.4. The first-order valence-corrected chi connectivity index (χ1v) is 9.78. The van der Waals surface area contributed by atoms with Crippen molar-refractivity contribution in [3.8, 4) is 0 Å². The summed E-state index contributed by atoms with van der Waals surface area (Å²) in [4.78, 5) is 38.9. The minimum Gasteiger partial charge on any atom is -0.347 e. The summed E-state index contributed by atoms with van der Waals surface area (Å²) in [7, 11) is 0. The highest BCUT2D eigenvalue weighted by atomic mass is 32.1. The van der Waals surface area contributed by atoms with Crippen LogP contribution in [0.4, 0.5) is 18.9 Å². The number of halogens is 3. The Labute approximate surface area is 168 Å². The molecule has 1 unspecified atom stereocenters. The lowest BCUT2D eigenvalue weighted by Gasteiger charge is -2.31. The molecule has 1 aliphatic rings. The molecular weight excluding hydrogens is 407 g/mol. The average Bonchev–Trinajstić information content (AvgIpc) is 3.27. The number of amides is 3. The van der Waals surface area contributed by atoms with Crippen molar-refractivity contribution >= 4 is 34.7 Å². The Kier molecular flexibility index (Phi) is 6.53. The Morgan fingerprint density at radius 1 is 1.14 bits per heavy atom. The van der Waals surface area contributed by atoms with Crippen molar-refractivity contribution in [2.24, 2.45) is 5.92 Å². The van der Waals surface area contributed by atoms with Crippen LogP contribution in [0.2, 0.25) is 0 Å². The SMILES string of the molecule is O=C(CNC(=O)C1CCCN(C(=O)c2cccs2)C1)Nc1ccc(F)c(F)c1F. The number of hydrogen-bond donors (Lipinski definition) is 2. The summed E-state index contributed by atoms with van der Waals surface area (Å²) in [5.41, 5.74) is -0.520. The van der Waals surface area contributed by atoms with Gasteiger partial charge in [-0.2, -0.15) is 0 Å². The zero-order valence-corrected chi connectivity index (χ0v) is 16.0. The number of anilines is 1. The van der Waals surface area contributed by atoms with Gasteiger partial charge in [-0.15, -0.1) is 11.3 Å². The highest BCUT2D eigenvalue weighted by Crippen LogP contribution is 2.21. The number of nitrogens with zero attached hydrogens (tertiary/aromatic N) is 1. The van der Waals surface area contributed by atoms with Gasteiger partial charge < -0.3 is 15.5 Å². The molecule has 0 spiro atoms. The molecule has 2 N–H and O–H groups in total. The first-order chi connectivity index (χ1) is 13.9. The highest BCUT2D eigenvalue weighted by Gasteiger charge is 2.29. The summed E-state index contributed by atoms with van der Waals surface area (Å²) < 4.78 is 39.7. The lowest BCUT2D eigenvalue weighted by Crippen LogP contribution is -2.46. The molecule has 6 nitrogen and oxygen atoms in total. The van der Waals surface area contributed by atoms with Gasteiger partial charge >= 0.3 is 0 Å². The van der Waals surface area contributed by atoms with Gasteiger partial charge in [0.15, 0.2) is 17.5 Å². The number of thiophene rings is 1. The topological polar surface area (TPSA) is 78.5 Å². The molecule has 1 aromatic carbocycles. The molecule has 1 fully saturated rings. The van der Waals surface area contributed by atoms with Crippen molar-refractivity contribution in [1.29, 1.82) is 0 Å². The first kappa shape index (κ1) is 20.8. The van der Waals surface area contributed by atoms with Crippen molar-refractivity contribution in [2.75, 3.05) is 25.0 Å². The van der Waals surface area contributed by atoms with Crippen molar-refractivity contribution in [1.82, 2.24) is 10.2 Å². The maximum absolute atomic E-state index is 13.6. The molecular formula is C19H18F3N3O3S. The zero-order valence-electron chi connectivity index (χ0n) is 15.2. The third-order valence-corrected chi connectivity index (χ3v) is 5.40. The Morgan fingerprint density at radius 2 is 1.93 bits per heavy atom. The third kappa shape index (κ3) is 4.94. The van der Waals surface area contributed by atoms with Gasteiger partial charge in [0, 0.05) is 13.1 Å². The van der Waals surface area contributed by atoms with Crippen LogP contribution in [-0.2, 0) is 9.59 Å². The fourth-order valence-electron chi connectivity index (χ4n) is 3.06. The van der Waals surface area contributed by atoms with Gasteiger partial charge in [0.05, 0.1) is 23.0 Å². The number of carbonyl (C=O) groups is 3. The fraction of sp³-hybridized carbons (Fsp3) is 0.316. The molecule has 10 heteroatoms. The van der Waals surface area contributed by atoms with Crippen LogP contribution in [0.3, 0.4) is 0 Å². The number of nitrogens with one attached hydrogen (secondary N) is 2. The van der Waals surface area contributed by atoms with Crippen LogP contribution in [0.25, 0.3) is 0 Å². The zero-order chi connectivity index (χ0) is 21.0. The van der Waals surface area contributed by atoms with E-state index in [9.17, 15) is 27.6 Å². The van der Waals surface area contributed by atoms with Crippen LogP contribution in [0.15, 0.2) is 29.6 Å². The summed E-state index contributed by atoms with van der Waals surface area (Å²) in [6.45, 7) is 0.324. The molecule has 1 saturated heterocycles. The standard InChI is InChI=1S/C19H18F3N3O3S/c20-12-5-6-13(17(22)16(12)21)24-15(26)9-23-18(27)11-3-1-7-25(10-11)19(28)14-4-2-8-29-14/h2,4-6,8,11H,1,3,7,9-10H2,(H,23,27)(H,24,26). The van der Waals surface area contributed by atoms with Crippen LogP contribution in [0, 0.1) is 23.4 Å². The second-order valence-electron chi connectivity index (χ2n) is 6.56. The molecule has 3 amide bonds. The number of piperidine rings is 1. The summed E-state index contributed by atoms with van der Waals surface area (Å²) in [5, 5.41) is 6.32. The van der Waals surface area contributed by atoms with Crippen molar-refractivity contribution in [3.63, 3.8) is 0 Å². The molecule has 1 atom stereocenters. The summed E-state index contributed by atoms with van der Waals surface area (Å²) in [6.07, 6.45) is 1.22. The smallest absolute Gasteiger partial charge is 0.263 e. The van der Waals surface area contributed by atoms with Gasteiger partial charge in [-0.3, -0.25) is 14.4 Å². The van der Waals surface area contributed by atoms with E-state index in [1.54, 1.807) is 22.4 Å². The van der Waals surface area contributed by atoms with E-state index in [0.717, 1.165) is 6.07 Å². The molecule has 2 heterocycles. The maximum atomic E-state index is 13.6. The van der Waals surface area contributed by atoms with Gasteiger partial charge in [-0.25, -0.2) is 13.2 Å². The van der Waals surface area contributed by atoms with E-state index in [4.69, 9.17) is 0 Å². The number of likely N-dealkylation sites (tertiary alicyclic amines) is 1. The molecule has 154 valence electrons. The van der Waals surface area contributed by atoms with Crippen LogP contribution in [0.5, 0.6) is 0 Å². The molecule has 0 aliphatic carbocycles. The van der Waals surface area contributed by atoms with Crippen LogP contribution >= 0.6 is 11.3 Å². The second-order valence-corrected chi connectivity index (χ2v) is 7.50. The van der Waals surface area contributed by atoms with Gasteiger partial charge in [-0.05, 0) is 36.4 Å². The lowest BCUT2D eigenvalue weighted by molar-refractivity contribution is -0.128. The van der Waals surface area contributed by atoms with Crippen molar-refractivity contribution < 1.29 is 27.6 Å². The van der Waals surface area contributed by atoms with E-state index in [1.807, 2.05) is 0 Å². The van der Waals surface area contributed by atoms with E-state index in [0.29, 0.717) is 30.3 Å². The number of benzene rings is 1. The van der Waals surface area contributed by atoms with E-state index >= 15 is 0 Å². The number of rotatable bonds is 5. The highest BCUT2D eigenvalue weighted by molar-refractivity contribution is 7.12. The van der Waals surface area contributed by atoms with Gasteiger partial charge in [0.1, 0.15) is 0 Å². The first-order valence-electron chi connectivity index (χ1n) is 8.90. The van der Waals surface area contributed by atoms with E-state index < -0.39 is 47.4 Å². The molecule has 1 aliphatic heterocycles. The van der Waals surface area contributed by atoms with E-state index in [-0.39, 0.29) is 12.5 Å². The Bertz CT molecular complexity index is 921. The fourth-order valence-corrected chi connectivity index (χ4v) is 3.75. The summed E-state index contributed by atoms with van der Waals surface area (Å²) in [6, 6.07) is 5.08. The summed E-state index contributed by atoms with van der Waals surface area (Å²) in [5.74, 6) is -6.37. The third-order valence-electron chi connectivity index (χ3n) is 4.54. The second kappa shape index (κ2) is 9.08. The Balaban J connectivity index is 1.51. The molecule has 2 aromatic rings. The van der Waals surface area contributed by atoms with Crippen LogP contribution < -0.4 is 10.6 Å². The monoisotopic (exact) mass is 425 g/mol. The predicted octanol–water partition coefficient (Wildman–Crippen LogP) is 2.77. The Hall–Kier alpha value is -2.88. The molecule has 0 bridgehead atoms. The summed E-state index contributed by atoms with van der Waals surface area (Å²) >= 11 is 1.33. The molecule has 29 heavy (non-hydrogen) atoms. The van der Waals surface area contributed by atoms with E-state index in [2.05, 4.69) is 10.6 Å². The molecule has 0 saturated carbocycles. The molecule has 1 aromatic heterocycles. The van der Waals surface area contributed by atoms with Gasteiger partial charge in [-0.1, -0.05) is 6.07 Å². The average molecular weight is 425 g/mol. The van der Waals surface area contributed by atoms with Crippen molar-refractivity contribution in [3.05, 3.63) is 52.0 Å². The maximum Gasteiger partial charge on any atom is 0.263 e. The van der Waals surface area contributed by atoms with Gasteiger partial charge in [0.2, 0.25) is 11.8 Å². The van der Waals surface area contributed by atoms with Gasteiger partial charge in [0.25, 0.3) is 5.91 Å². The quantitative estimate of drug-likeness (QED) is 0.724. The van der Waals surface area contributed by atoms with Crippen molar-refractivity contribution in [2.45, 2.75) is 12.8 Å². The largest absolute Gasteiger partial charge is 0.347 e. The number of carbonyl (C=O) groups excluding carboxylic acids is 3. The predicted molar refractivity (Wildman–Crippen MR) is 101 cm³/mol. The lowest BCUT2D eigenvalue weighted by atomic mass is 9.97. The Morgan fingerprint density at radius 3 is 2.66 bits per heavy atom. The van der Waals surface area contributed by atoms with Crippen LogP contribution in [-0.4, -0.2) is 42.3 Å². The molecule has 3 rings (SSSR count). The molecule has 0 radical (unpaired) electrons. The van der Waals surface area contributed by atoms with Crippen LogP contribution in [0.1, 0.15) is 22.5 Å². The minimum atomic E-state index is -1.69. The van der Waals surface area contributed by atoms with E-state index in [1.165, 1.54) is 11.3 Å².